The largest absolute Gasteiger partial charge is 0.496 e. The summed E-state index contributed by atoms with van der Waals surface area (Å²) in [7, 11) is 1.50. The van der Waals surface area contributed by atoms with Crippen LogP contribution in [0.2, 0.25) is 0 Å². The molecule has 1 aromatic heterocycles. The van der Waals surface area contributed by atoms with E-state index in [1.165, 1.54) is 14.0 Å². The summed E-state index contributed by atoms with van der Waals surface area (Å²) in [6.45, 7) is 2.97. The Balaban J connectivity index is 2.02. The number of halogens is 1. The minimum atomic E-state index is -1.39. The first-order chi connectivity index (χ1) is 17.0. The molecule has 0 saturated carbocycles. The summed E-state index contributed by atoms with van der Waals surface area (Å²) in [6, 6.07) is 5.04. The van der Waals surface area contributed by atoms with Crippen LogP contribution in [0.25, 0.3) is 0 Å². The lowest BCUT2D eigenvalue weighted by atomic mass is 10.1. The molecule has 14 heteroatoms. The highest BCUT2D eigenvalue weighted by atomic mass is 79.9. The Morgan fingerprint density at radius 3 is 2.31 bits per heavy atom. The highest BCUT2D eigenvalue weighted by molar-refractivity contribution is 9.10. The van der Waals surface area contributed by atoms with Gasteiger partial charge < -0.3 is 23.7 Å². The van der Waals surface area contributed by atoms with Gasteiger partial charge in [0, 0.05) is 20.8 Å². The van der Waals surface area contributed by atoms with E-state index < -0.39 is 53.7 Å². The summed E-state index contributed by atoms with van der Waals surface area (Å²) < 4.78 is 29.0. The number of benzene rings is 1. The highest BCUT2D eigenvalue weighted by Crippen LogP contribution is 2.33. The summed E-state index contributed by atoms with van der Waals surface area (Å²) in [5.41, 5.74) is -0.946. The van der Waals surface area contributed by atoms with Crippen molar-refractivity contribution in [2.45, 2.75) is 51.9 Å². The van der Waals surface area contributed by atoms with E-state index in [1.54, 1.807) is 18.2 Å². The molecule has 4 atom stereocenters. The molecule has 0 amide bonds. The fraction of sp³-hybridized carbons (Fsp3) is 0.455. The number of hydrogen-bond acceptors (Lipinski definition) is 11. The second-order valence-electron chi connectivity index (χ2n) is 7.78. The number of carbonyl (C=O) groups excluding carboxylic acids is 3. The van der Waals surface area contributed by atoms with Crippen molar-refractivity contribution >= 4 is 33.8 Å². The quantitative estimate of drug-likeness (QED) is 0.323. The van der Waals surface area contributed by atoms with E-state index in [0.717, 1.165) is 29.3 Å². The molecule has 0 bridgehead atoms. The van der Waals surface area contributed by atoms with Crippen LogP contribution in [0.15, 0.2) is 38.5 Å². The minimum Gasteiger partial charge on any atom is -0.496 e. The summed E-state index contributed by atoms with van der Waals surface area (Å²) in [5.74, 6) is -1.52. The predicted octanol–water partition coefficient (Wildman–Crippen LogP) is 0.548. The average Bonchev–Trinajstić information content (AvgIpc) is 3.11. The maximum atomic E-state index is 13.3. The van der Waals surface area contributed by atoms with Gasteiger partial charge in [-0.3, -0.25) is 23.7 Å². The number of nitrogens with zero attached hydrogens (tertiary/aromatic N) is 3. The topological polar surface area (TPSA) is 154 Å². The van der Waals surface area contributed by atoms with Gasteiger partial charge in [0.15, 0.2) is 18.4 Å². The number of carbonyl (C=O) groups is 3. The maximum Gasteiger partial charge on any atom is 0.350 e. The number of ether oxygens (including phenoxy) is 5. The van der Waals surface area contributed by atoms with E-state index in [9.17, 15) is 24.0 Å². The molecular formula is C22H24BrN3O10. The van der Waals surface area contributed by atoms with Gasteiger partial charge in [0.1, 0.15) is 24.7 Å². The number of hydrogen-bond donors (Lipinski definition) is 0. The number of aromatic nitrogens is 3. The zero-order chi connectivity index (χ0) is 26.6. The summed E-state index contributed by atoms with van der Waals surface area (Å²) in [5, 5.41) is 3.88. The molecule has 194 valence electrons. The molecule has 1 aliphatic heterocycles. The maximum absolute atomic E-state index is 13.3. The van der Waals surface area contributed by atoms with Gasteiger partial charge in [-0.15, -0.1) is 0 Å². The minimum absolute atomic E-state index is 0.113. The molecule has 3 rings (SSSR count). The lowest BCUT2D eigenvalue weighted by Crippen LogP contribution is -2.46. The number of methoxy groups -OCH3 is 1. The van der Waals surface area contributed by atoms with Crippen LogP contribution in [0.5, 0.6) is 5.75 Å². The second kappa shape index (κ2) is 11.5. The third-order valence-electron chi connectivity index (χ3n) is 5.12. The molecular weight excluding hydrogens is 546 g/mol. The summed E-state index contributed by atoms with van der Waals surface area (Å²) in [6.07, 6.45) is -4.10. The summed E-state index contributed by atoms with van der Waals surface area (Å²) >= 11 is 3.36. The van der Waals surface area contributed by atoms with E-state index in [2.05, 4.69) is 21.0 Å². The van der Waals surface area contributed by atoms with Crippen molar-refractivity contribution in [3.63, 3.8) is 0 Å². The molecule has 0 unspecified atom stereocenters. The molecule has 2 heterocycles. The molecule has 1 fully saturated rings. The Hall–Kier alpha value is -3.52. The Labute approximate surface area is 213 Å². The molecule has 0 spiro atoms. The second-order valence-corrected chi connectivity index (χ2v) is 8.64. The molecule has 0 radical (unpaired) electrons. The fourth-order valence-corrected chi connectivity index (χ4v) is 4.24. The third-order valence-corrected chi connectivity index (χ3v) is 5.74. The van der Waals surface area contributed by atoms with Crippen LogP contribution in [0.3, 0.4) is 0 Å². The van der Waals surface area contributed by atoms with Crippen molar-refractivity contribution < 1.29 is 38.1 Å². The first-order valence-electron chi connectivity index (χ1n) is 10.7. The van der Waals surface area contributed by atoms with Crippen molar-refractivity contribution in [3.8, 4) is 5.75 Å². The van der Waals surface area contributed by atoms with E-state index in [1.807, 2.05) is 0 Å². The van der Waals surface area contributed by atoms with Crippen molar-refractivity contribution in [2.75, 3.05) is 13.7 Å². The van der Waals surface area contributed by atoms with Gasteiger partial charge in [0.05, 0.1) is 18.1 Å². The van der Waals surface area contributed by atoms with Crippen LogP contribution in [0.1, 0.15) is 32.6 Å². The monoisotopic (exact) mass is 569 g/mol. The van der Waals surface area contributed by atoms with E-state index >= 15 is 0 Å². The molecule has 0 aliphatic carbocycles. The first-order valence-corrected chi connectivity index (χ1v) is 11.5. The van der Waals surface area contributed by atoms with Crippen LogP contribution >= 0.6 is 15.9 Å². The van der Waals surface area contributed by atoms with Gasteiger partial charge >= 0.3 is 23.6 Å². The van der Waals surface area contributed by atoms with E-state index in [4.69, 9.17) is 23.7 Å². The smallest absolute Gasteiger partial charge is 0.350 e. The summed E-state index contributed by atoms with van der Waals surface area (Å²) in [4.78, 5) is 60.8. The van der Waals surface area contributed by atoms with Gasteiger partial charge in [-0.1, -0.05) is 6.07 Å². The van der Waals surface area contributed by atoms with Crippen molar-refractivity contribution in [3.05, 3.63) is 55.3 Å². The standard InChI is InChI=1S/C22H24BrN3O10/c1-11(27)33-10-17-19(34-12(2)28)20(35-13(3)29)21(36-17)26-22(31)25(18(30)8-24-26)9-14-5-6-16(32-4)15(23)7-14/h5-8,17,19-21H,9-10H2,1-4H3/t17-,19+,20+,21+/m0/s1. The normalized spacial score (nSPS) is 21.0. The highest BCUT2D eigenvalue weighted by Gasteiger charge is 2.51. The van der Waals surface area contributed by atoms with Crippen LogP contribution in [-0.2, 0) is 39.9 Å². The van der Waals surface area contributed by atoms with Gasteiger partial charge in [-0.2, -0.15) is 9.78 Å². The third kappa shape index (κ3) is 6.18. The molecule has 13 nitrogen and oxygen atoms in total. The lowest BCUT2D eigenvalue weighted by molar-refractivity contribution is -0.166. The van der Waals surface area contributed by atoms with E-state index in [-0.39, 0.29) is 13.2 Å². The van der Waals surface area contributed by atoms with Crippen LogP contribution < -0.4 is 16.0 Å². The SMILES string of the molecule is COc1ccc(Cn2c(=O)cnn([C@@H]3O[C@@H](COC(C)=O)[C@@H](OC(C)=O)[C@H]3OC(C)=O)c2=O)cc1Br. The molecule has 1 aromatic carbocycles. The van der Waals surface area contributed by atoms with Crippen LogP contribution in [0, 0.1) is 0 Å². The first kappa shape index (κ1) is 27.1. The number of rotatable bonds is 8. The van der Waals surface area contributed by atoms with Gasteiger partial charge in [-0.25, -0.2) is 4.79 Å². The van der Waals surface area contributed by atoms with Crippen molar-refractivity contribution in [2.24, 2.45) is 0 Å². The molecule has 36 heavy (non-hydrogen) atoms. The van der Waals surface area contributed by atoms with Gasteiger partial charge in [-0.05, 0) is 33.6 Å². The van der Waals surface area contributed by atoms with Crippen molar-refractivity contribution in [1.82, 2.24) is 14.3 Å². The Morgan fingerprint density at radius 2 is 1.72 bits per heavy atom. The number of esters is 3. The molecule has 2 aromatic rings. The molecule has 1 saturated heterocycles. The Bertz CT molecular complexity index is 1270. The van der Waals surface area contributed by atoms with E-state index in [0.29, 0.717) is 15.8 Å². The van der Waals surface area contributed by atoms with Gasteiger partial charge in [0.25, 0.3) is 5.56 Å². The fourth-order valence-electron chi connectivity index (χ4n) is 3.65. The Kier molecular flexibility index (Phi) is 8.63. The van der Waals surface area contributed by atoms with Crippen LogP contribution in [-0.4, -0.2) is 64.3 Å². The molecule has 1 aliphatic rings. The zero-order valence-electron chi connectivity index (χ0n) is 19.8. The zero-order valence-corrected chi connectivity index (χ0v) is 21.4. The Morgan fingerprint density at radius 1 is 1.06 bits per heavy atom. The average molecular weight is 570 g/mol. The van der Waals surface area contributed by atoms with Gasteiger partial charge in [0.2, 0.25) is 0 Å². The van der Waals surface area contributed by atoms with Crippen molar-refractivity contribution in [1.29, 1.82) is 0 Å². The van der Waals surface area contributed by atoms with Crippen LogP contribution in [0.4, 0.5) is 0 Å². The molecule has 0 N–H and O–H groups in total. The predicted molar refractivity (Wildman–Crippen MR) is 124 cm³/mol. The lowest BCUT2D eigenvalue weighted by Gasteiger charge is -2.23.